The van der Waals surface area contributed by atoms with Gasteiger partial charge in [0.05, 0.1) is 0 Å². The van der Waals surface area contributed by atoms with E-state index in [1.807, 2.05) is 11.8 Å². The maximum absolute atomic E-state index is 12.5. The van der Waals surface area contributed by atoms with Crippen LogP contribution in [0.2, 0.25) is 0 Å². The minimum Gasteiger partial charge on any atom is -0.490 e. The monoisotopic (exact) mass is 401 g/mol. The predicted molar refractivity (Wildman–Crippen MR) is 113 cm³/mol. The molecule has 1 unspecified atom stereocenters. The molecule has 1 atom stereocenters. The fraction of sp³-hybridized carbons (Fsp3) is 0.696. The Morgan fingerprint density at radius 2 is 1.83 bits per heavy atom. The average Bonchev–Trinajstić information content (AvgIpc) is 3.00. The Morgan fingerprint density at radius 1 is 1.17 bits per heavy atom. The molecule has 6 nitrogen and oxygen atoms in total. The van der Waals surface area contributed by atoms with E-state index in [4.69, 9.17) is 9.47 Å². The summed E-state index contributed by atoms with van der Waals surface area (Å²) < 4.78 is 12.2. The summed E-state index contributed by atoms with van der Waals surface area (Å²) in [6.07, 6.45) is 3.96. The molecule has 29 heavy (non-hydrogen) atoms. The Morgan fingerprint density at radius 3 is 2.41 bits per heavy atom. The number of amides is 1. The first-order chi connectivity index (χ1) is 14.0. The van der Waals surface area contributed by atoms with Crippen molar-refractivity contribution in [1.82, 2.24) is 15.1 Å². The summed E-state index contributed by atoms with van der Waals surface area (Å²) >= 11 is 0. The van der Waals surface area contributed by atoms with Crippen LogP contribution in [-0.4, -0.2) is 66.4 Å². The maximum atomic E-state index is 12.5. The molecular formula is C23H35N3O3. The third-order valence-corrected chi connectivity index (χ3v) is 6.83. The Labute approximate surface area is 174 Å². The van der Waals surface area contributed by atoms with E-state index in [-0.39, 0.29) is 18.2 Å². The number of carbonyl (C=O) groups excluding carboxylic acids is 1. The Bertz CT molecular complexity index is 692. The van der Waals surface area contributed by atoms with Crippen molar-refractivity contribution in [3.63, 3.8) is 0 Å². The highest BCUT2D eigenvalue weighted by Gasteiger charge is 2.54. The van der Waals surface area contributed by atoms with E-state index in [0.717, 1.165) is 63.2 Å². The molecule has 3 saturated heterocycles. The number of benzene rings is 1. The van der Waals surface area contributed by atoms with E-state index in [1.54, 1.807) is 0 Å². The molecule has 3 aliphatic rings. The lowest BCUT2D eigenvalue weighted by Crippen LogP contribution is -2.46. The fourth-order valence-corrected chi connectivity index (χ4v) is 5.13. The zero-order chi connectivity index (χ0) is 20.4. The second-order valence-electron chi connectivity index (χ2n) is 8.89. The molecule has 3 heterocycles. The van der Waals surface area contributed by atoms with Crippen LogP contribution in [0.1, 0.15) is 58.1 Å². The third kappa shape index (κ3) is 4.10. The van der Waals surface area contributed by atoms with Crippen molar-refractivity contribution in [2.75, 3.05) is 32.7 Å². The highest BCUT2D eigenvalue weighted by Crippen LogP contribution is 2.46. The third-order valence-electron chi connectivity index (χ3n) is 6.83. The van der Waals surface area contributed by atoms with Crippen LogP contribution in [0.25, 0.3) is 0 Å². The van der Waals surface area contributed by atoms with Crippen LogP contribution >= 0.6 is 0 Å². The molecule has 1 spiro atoms. The molecule has 3 fully saturated rings. The summed E-state index contributed by atoms with van der Waals surface area (Å²) in [6, 6.07) is 8.96. The van der Waals surface area contributed by atoms with Crippen molar-refractivity contribution in [2.24, 2.45) is 0 Å². The molecule has 3 aliphatic heterocycles. The van der Waals surface area contributed by atoms with Gasteiger partial charge in [0, 0.05) is 38.5 Å². The molecule has 0 saturated carbocycles. The van der Waals surface area contributed by atoms with Crippen molar-refractivity contribution in [3.8, 4) is 5.75 Å². The number of hydrogen-bond donors (Lipinski definition) is 1. The standard InChI is InChI=1S/C23H35N3O3/c1-4-26-21(23(29-22(26)27)11-13-24-14-12-23)18-5-7-19(8-6-18)28-20-9-15-25(16-10-20)17(2)3/h5-8,17,20-21,24H,4,9-16H2,1-3H3. The van der Waals surface area contributed by atoms with Crippen LogP contribution in [0.4, 0.5) is 4.79 Å². The number of ether oxygens (including phenoxy) is 2. The molecule has 0 aliphatic carbocycles. The molecule has 1 amide bonds. The van der Waals surface area contributed by atoms with Crippen molar-refractivity contribution >= 4 is 6.09 Å². The normalized spacial score (nSPS) is 25.6. The van der Waals surface area contributed by atoms with Gasteiger partial charge in [0.2, 0.25) is 0 Å². The van der Waals surface area contributed by atoms with Crippen LogP contribution in [0.15, 0.2) is 24.3 Å². The van der Waals surface area contributed by atoms with Crippen molar-refractivity contribution in [2.45, 2.75) is 70.2 Å². The van der Waals surface area contributed by atoms with Gasteiger partial charge >= 0.3 is 6.09 Å². The predicted octanol–water partition coefficient (Wildman–Crippen LogP) is 3.57. The molecule has 1 aromatic rings. The lowest BCUT2D eigenvalue weighted by atomic mass is 9.81. The smallest absolute Gasteiger partial charge is 0.411 e. The topological polar surface area (TPSA) is 54.0 Å². The van der Waals surface area contributed by atoms with Gasteiger partial charge in [-0.25, -0.2) is 4.79 Å². The van der Waals surface area contributed by atoms with Crippen LogP contribution in [-0.2, 0) is 4.74 Å². The second-order valence-corrected chi connectivity index (χ2v) is 8.89. The van der Waals surface area contributed by atoms with Crippen molar-refractivity contribution < 1.29 is 14.3 Å². The average molecular weight is 402 g/mol. The lowest BCUT2D eigenvalue weighted by Gasteiger charge is -2.38. The number of likely N-dealkylation sites (N-methyl/N-ethyl adjacent to an activating group) is 1. The number of nitrogens with one attached hydrogen (secondary N) is 1. The van der Waals surface area contributed by atoms with Gasteiger partial charge in [-0.15, -0.1) is 0 Å². The molecule has 160 valence electrons. The summed E-state index contributed by atoms with van der Waals surface area (Å²) in [6.45, 7) is 11.2. The first kappa shape index (κ1) is 20.5. The SMILES string of the molecule is CCN1C(=O)OC2(CCNCC2)C1c1ccc(OC2CCN(C(C)C)CC2)cc1. The first-order valence-corrected chi connectivity index (χ1v) is 11.2. The van der Waals surface area contributed by atoms with E-state index in [1.165, 1.54) is 0 Å². The van der Waals surface area contributed by atoms with Gasteiger partial charge in [-0.2, -0.15) is 0 Å². The van der Waals surface area contributed by atoms with Gasteiger partial charge < -0.3 is 19.7 Å². The number of piperidine rings is 2. The number of nitrogens with zero attached hydrogens (tertiary/aromatic N) is 2. The molecule has 1 N–H and O–H groups in total. The number of carbonyl (C=O) groups is 1. The number of rotatable bonds is 5. The van der Waals surface area contributed by atoms with Gasteiger partial charge in [0.25, 0.3) is 0 Å². The Hall–Kier alpha value is -1.79. The molecule has 4 rings (SSSR count). The summed E-state index contributed by atoms with van der Waals surface area (Å²) in [5.74, 6) is 0.921. The van der Waals surface area contributed by atoms with Crippen LogP contribution in [0, 0.1) is 0 Å². The van der Waals surface area contributed by atoms with Crippen LogP contribution in [0.5, 0.6) is 5.75 Å². The minimum atomic E-state index is -0.412. The van der Waals surface area contributed by atoms with E-state index < -0.39 is 5.60 Å². The van der Waals surface area contributed by atoms with E-state index in [0.29, 0.717) is 12.6 Å². The Balaban J connectivity index is 1.46. The van der Waals surface area contributed by atoms with E-state index >= 15 is 0 Å². The zero-order valence-corrected chi connectivity index (χ0v) is 18.0. The summed E-state index contributed by atoms with van der Waals surface area (Å²) in [4.78, 5) is 16.9. The molecule has 0 aromatic heterocycles. The molecule has 1 aromatic carbocycles. The van der Waals surface area contributed by atoms with Gasteiger partial charge in [0.15, 0.2) is 0 Å². The number of hydrogen-bond acceptors (Lipinski definition) is 5. The van der Waals surface area contributed by atoms with Gasteiger partial charge in [-0.05, 0) is 64.4 Å². The van der Waals surface area contributed by atoms with Crippen molar-refractivity contribution in [3.05, 3.63) is 29.8 Å². The maximum Gasteiger partial charge on any atom is 0.411 e. The highest BCUT2D eigenvalue weighted by molar-refractivity contribution is 5.72. The lowest BCUT2D eigenvalue weighted by molar-refractivity contribution is 0.00681. The fourth-order valence-electron chi connectivity index (χ4n) is 5.13. The summed E-state index contributed by atoms with van der Waals surface area (Å²) in [5.41, 5.74) is 0.728. The quantitative estimate of drug-likeness (QED) is 0.817. The Kier molecular flexibility index (Phi) is 6.02. The van der Waals surface area contributed by atoms with Gasteiger partial charge in [0.1, 0.15) is 23.5 Å². The zero-order valence-electron chi connectivity index (χ0n) is 18.0. The number of likely N-dealkylation sites (tertiary alicyclic amines) is 1. The molecule has 6 heteroatoms. The largest absolute Gasteiger partial charge is 0.490 e. The molecule has 0 radical (unpaired) electrons. The van der Waals surface area contributed by atoms with Crippen LogP contribution in [0.3, 0.4) is 0 Å². The van der Waals surface area contributed by atoms with Gasteiger partial charge in [-0.3, -0.25) is 4.90 Å². The van der Waals surface area contributed by atoms with E-state index in [2.05, 4.69) is 48.3 Å². The molecular weight excluding hydrogens is 366 g/mol. The van der Waals surface area contributed by atoms with Crippen LogP contribution < -0.4 is 10.1 Å². The summed E-state index contributed by atoms with van der Waals surface area (Å²) in [7, 11) is 0. The second kappa shape index (κ2) is 8.52. The summed E-state index contributed by atoms with van der Waals surface area (Å²) in [5, 5.41) is 3.39. The van der Waals surface area contributed by atoms with E-state index in [9.17, 15) is 4.79 Å². The first-order valence-electron chi connectivity index (χ1n) is 11.2. The molecule has 0 bridgehead atoms. The van der Waals surface area contributed by atoms with Gasteiger partial charge in [-0.1, -0.05) is 12.1 Å². The van der Waals surface area contributed by atoms with Crippen molar-refractivity contribution in [1.29, 1.82) is 0 Å². The highest BCUT2D eigenvalue weighted by atomic mass is 16.6. The minimum absolute atomic E-state index is 0.0227.